The van der Waals surface area contributed by atoms with Crippen LogP contribution in [0.25, 0.3) is 0 Å². The Morgan fingerprint density at radius 1 is 1.44 bits per heavy atom. The summed E-state index contributed by atoms with van der Waals surface area (Å²) < 4.78 is 5.16. The fraction of sp³-hybridized carbons (Fsp3) is 1.00. The van der Waals surface area contributed by atoms with E-state index in [0.717, 1.165) is 6.61 Å². The van der Waals surface area contributed by atoms with E-state index in [2.05, 4.69) is 33.0 Å². The molecular formula is C7H15NO. The van der Waals surface area contributed by atoms with E-state index in [1.54, 1.807) is 0 Å². The molecule has 1 heterocycles. The monoisotopic (exact) mass is 129 g/mol. The van der Waals surface area contributed by atoms with Gasteiger partial charge in [-0.2, -0.15) is 0 Å². The predicted octanol–water partition coefficient (Wildman–Crippen LogP) is 1.12. The average Bonchev–Trinajstić information content (AvgIpc) is 2.12. The quantitative estimate of drug-likeness (QED) is 0.536. The molecule has 1 unspecified atom stereocenters. The highest BCUT2D eigenvalue weighted by molar-refractivity contribution is 4.89. The van der Waals surface area contributed by atoms with Crippen molar-refractivity contribution in [1.29, 1.82) is 0 Å². The lowest BCUT2D eigenvalue weighted by atomic mass is 10.1. The second-order valence-corrected chi connectivity index (χ2v) is 3.89. The fourth-order valence-electron chi connectivity index (χ4n) is 0.974. The lowest BCUT2D eigenvalue weighted by molar-refractivity contribution is 0.222. The maximum Gasteiger partial charge on any atom is 0.140 e. The van der Waals surface area contributed by atoms with Gasteiger partial charge in [0.2, 0.25) is 0 Å². The summed E-state index contributed by atoms with van der Waals surface area (Å²) in [6, 6.07) is 0. The summed E-state index contributed by atoms with van der Waals surface area (Å²) in [7, 11) is 0. The van der Waals surface area contributed by atoms with Gasteiger partial charge in [-0.05, 0) is 27.7 Å². The van der Waals surface area contributed by atoms with Gasteiger partial charge in [0.1, 0.15) is 5.72 Å². The van der Waals surface area contributed by atoms with Crippen LogP contribution >= 0.6 is 0 Å². The molecule has 0 aromatic heterocycles. The van der Waals surface area contributed by atoms with Gasteiger partial charge in [-0.1, -0.05) is 0 Å². The van der Waals surface area contributed by atoms with Crippen molar-refractivity contribution in [3.05, 3.63) is 0 Å². The highest BCUT2D eigenvalue weighted by atomic mass is 16.6. The molecule has 1 aliphatic heterocycles. The number of nitrogens with one attached hydrogen (secondary N) is 1. The Hall–Kier alpha value is -0.0800. The fourth-order valence-corrected chi connectivity index (χ4v) is 0.974. The van der Waals surface area contributed by atoms with Crippen LogP contribution in [0.15, 0.2) is 0 Å². The van der Waals surface area contributed by atoms with Crippen LogP contribution < -0.4 is 5.32 Å². The van der Waals surface area contributed by atoms with Crippen LogP contribution in [0.2, 0.25) is 0 Å². The van der Waals surface area contributed by atoms with E-state index in [-0.39, 0.29) is 11.3 Å². The third kappa shape index (κ3) is 2.33. The lowest BCUT2D eigenvalue weighted by Crippen LogP contribution is -2.44. The average molecular weight is 129 g/mol. The molecule has 0 aromatic carbocycles. The van der Waals surface area contributed by atoms with E-state index in [1.807, 2.05) is 0 Å². The standard InChI is InChI=1S/C7H15NO/c1-6(2,3)8-7(4)5-9-7/h8H,5H2,1-4H3. The Bertz CT molecular complexity index is 107. The molecule has 0 amide bonds. The molecule has 1 fully saturated rings. The summed E-state index contributed by atoms with van der Waals surface area (Å²) in [5, 5.41) is 3.35. The van der Waals surface area contributed by atoms with E-state index in [1.165, 1.54) is 0 Å². The SMILES string of the molecule is CC(C)(C)NC1(C)CO1. The van der Waals surface area contributed by atoms with Crippen LogP contribution in [0.3, 0.4) is 0 Å². The van der Waals surface area contributed by atoms with Gasteiger partial charge in [0.05, 0.1) is 6.61 Å². The number of hydrogen-bond acceptors (Lipinski definition) is 2. The van der Waals surface area contributed by atoms with E-state index >= 15 is 0 Å². The normalized spacial score (nSPS) is 34.7. The molecule has 9 heavy (non-hydrogen) atoms. The Morgan fingerprint density at radius 2 is 1.89 bits per heavy atom. The molecular weight excluding hydrogens is 114 g/mol. The lowest BCUT2D eigenvalue weighted by Gasteiger charge is -2.23. The number of epoxide rings is 1. The molecule has 0 aliphatic carbocycles. The maximum atomic E-state index is 5.16. The molecule has 0 saturated carbocycles. The number of ether oxygens (including phenoxy) is 1. The molecule has 1 saturated heterocycles. The highest BCUT2D eigenvalue weighted by Crippen LogP contribution is 2.24. The van der Waals surface area contributed by atoms with Crippen LogP contribution in [-0.4, -0.2) is 17.9 Å². The zero-order chi connectivity index (χ0) is 7.12. The van der Waals surface area contributed by atoms with Crippen LogP contribution in [0, 0.1) is 0 Å². The van der Waals surface area contributed by atoms with Crippen molar-refractivity contribution in [2.75, 3.05) is 6.61 Å². The van der Waals surface area contributed by atoms with Crippen molar-refractivity contribution < 1.29 is 4.74 Å². The van der Waals surface area contributed by atoms with Crippen molar-refractivity contribution in [2.24, 2.45) is 0 Å². The zero-order valence-electron chi connectivity index (χ0n) is 6.62. The summed E-state index contributed by atoms with van der Waals surface area (Å²) in [5.41, 5.74) is 0.156. The van der Waals surface area contributed by atoms with Crippen LogP contribution in [0.5, 0.6) is 0 Å². The molecule has 54 valence electrons. The molecule has 0 spiro atoms. The maximum absolute atomic E-state index is 5.16. The van der Waals surface area contributed by atoms with Gasteiger partial charge in [0.25, 0.3) is 0 Å². The van der Waals surface area contributed by atoms with E-state index in [4.69, 9.17) is 4.74 Å². The van der Waals surface area contributed by atoms with E-state index < -0.39 is 0 Å². The van der Waals surface area contributed by atoms with Gasteiger partial charge in [-0.25, -0.2) is 0 Å². The first-order valence-electron chi connectivity index (χ1n) is 3.35. The Balaban J connectivity index is 2.33. The van der Waals surface area contributed by atoms with Crippen molar-refractivity contribution in [1.82, 2.24) is 5.32 Å². The highest BCUT2D eigenvalue weighted by Gasteiger charge is 2.41. The first kappa shape index (κ1) is 7.03. The van der Waals surface area contributed by atoms with Crippen molar-refractivity contribution in [2.45, 2.75) is 39.0 Å². The van der Waals surface area contributed by atoms with Gasteiger partial charge < -0.3 is 4.74 Å². The summed E-state index contributed by atoms with van der Waals surface area (Å²) in [5.74, 6) is 0. The minimum atomic E-state index is -0.0156. The van der Waals surface area contributed by atoms with E-state index in [0.29, 0.717) is 0 Å². The Labute approximate surface area is 56.6 Å². The van der Waals surface area contributed by atoms with Gasteiger partial charge in [0, 0.05) is 5.54 Å². The third-order valence-corrected chi connectivity index (χ3v) is 1.22. The minimum Gasteiger partial charge on any atom is -0.354 e. The van der Waals surface area contributed by atoms with Crippen LogP contribution in [0.4, 0.5) is 0 Å². The molecule has 2 nitrogen and oxygen atoms in total. The summed E-state index contributed by atoms with van der Waals surface area (Å²) in [4.78, 5) is 0. The van der Waals surface area contributed by atoms with Crippen LogP contribution in [-0.2, 0) is 4.74 Å². The Morgan fingerprint density at radius 3 is 2.00 bits per heavy atom. The van der Waals surface area contributed by atoms with Crippen molar-refractivity contribution >= 4 is 0 Å². The smallest absolute Gasteiger partial charge is 0.140 e. The second-order valence-electron chi connectivity index (χ2n) is 3.89. The third-order valence-electron chi connectivity index (χ3n) is 1.22. The molecule has 0 aromatic rings. The molecule has 1 atom stereocenters. The summed E-state index contributed by atoms with van der Waals surface area (Å²) >= 11 is 0. The first-order valence-corrected chi connectivity index (χ1v) is 3.35. The van der Waals surface area contributed by atoms with Gasteiger partial charge in [-0.3, -0.25) is 5.32 Å². The molecule has 0 bridgehead atoms. The molecule has 1 aliphatic rings. The molecule has 1 N–H and O–H groups in total. The van der Waals surface area contributed by atoms with Gasteiger partial charge in [0.15, 0.2) is 0 Å². The number of rotatable bonds is 1. The van der Waals surface area contributed by atoms with Crippen LogP contribution in [0.1, 0.15) is 27.7 Å². The summed E-state index contributed by atoms with van der Waals surface area (Å²) in [6.07, 6.45) is 0. The van der Waals surface area contributed by atoms with Gasteiger partial charge in [-0.15, -0.1) is 0 Å². The zero-order valence-corrected chi connectivity index (χ0v) is 6.62. The first-order chi connectivity index (χ1) is 3.91. The topological polar surface area (TPSA) is 24.6 Å². The molecule has 0 radical (unpaired) electrons. The molecule has 2 heteroatoms. The molecule has 1 rings (SSSR count). The van der Waals surface area contributed by atoms with Crippen molar-refractivity contribution in [3.8, 4) is 0 Å². The minimum absolute atomic E-state index is 0.0156. The second kappa shape index (κ2) is 1.70. The largest absolute Gasteiger partial charge is 0.354 e. The van der Waals surface area contributed by atoms with E-state index in [9.17, 15) is 0 Å². The predicted molar refractivity (Wildman–Crippen MR) is 37.2 cm³/mol. The number of hydrogen-bond donors (Lipinski definition) is 1. The summed E-state index contributed by atoms with van der Waals surface area (Å²) in [6.45, 7) is 9.34. The Kier molecular flexibility index (Phi) is 1.33. The van der Waals surface area contributed by atoms with Gasteiger partial charge >= 0.3 is 0 Å². The van der Waals surface area contributed by atoms with Crippen molar-refractivity contribution in [3.63, 3.8) is 0 Å².